The van der Waals surface area contributed by atoms with Crippen molar-refractivity contribution in [1.82, 2.24) is 29.3 Å². The fourth-order valence-corrected chi connectivity index (χ4v) is 4.03. The van der Waals surface area contributed by atoms with E-state index in [1.54, 1.807) is 6.20 Å². The average Bonchev–Trinajstić information content (AvgIpc) is 3.43. The maximum absolute atomic E-state index is 5.02. The minimum absolute atomic E-state index is 0.297. The van der Waals surface area contributed by atoms with E-state index in [1.807, 2.05) is 71.4 Å². The van der Waals surface area contributed by atoms with Gasteiger partial charge in [-0.3, -0.25) is 9.25 Å². The molecule has 30 heavy (non-hydrogen) atoms. The fraction of sp³-hybridized carbons (Fsp3) is 0.273. The molecule has 0 fully saturated rings. The van der Waals surface area contributed by atoms with E-state index in [0.29, 0.717) is 12.0 Å². The second-order valence-corrected chi connectivity index (χ2v) is 7.55. The normalized spacial score (nSPS) is 16.0. The van der Waals surface area contributed by atoms with Gasteiger partial charge in [-0.1, -0.05) is 37.3 Å². The van der Waals surface area contributed by atoms with Gasteiger partial charge in [0.1, 0.15) is 5.82 Å². The van der Waals surface area contributed by atoms with Crippen LogP contribution in [0.4, 0.5) is 17.2 Å². The molecule has 0 spiro atoms. The van der Waals surface area contributed by atoms with Crippen LogP contribution in [-0.2, 0) is 7.05 Å². The van der Waals surface area contributed by atoms with Crippen molar-refractivity contribution in [2.45, 2.75) is 19.4 Å². The summed E-state index contributed by atoms with van der Waals surface area (Å²) in [7, 11) is 4.03. The maximum Gasteiger partial charge on any atom is 0.237 e. The molecule has 0 saturated carbocycles. The number of likely N-dealkylation sites (N-methyl/N-ethyl adjacent to an activating group) is 1. The van der Waals surface area contributed by atoms with Gasteiger partial charge in [-0.2, -0.15) is 10.1 Å². The highest BCUT2D eigenvalue weighted by molar-refractivity contribution is 5.76. The second-order valence-electron chi connectivity index (χ2n) is 7.55. The molecule has 8 heteroatoms. The zero-order valence-electron chi connectivity index (χ0n) is 17.3. The summed E-state index contributed by atoms with van der Waals surface area (Å²) >= 11 is 0. The van der Waals surface area contributed by atoms with Crippen molar-refractivity contribution in [2.24, 2.45) is 7.05 Å². The van der Waals surface area contributed by atoms with Crippen molar-refractivity contribution in [2.75, 3.05) is 23.4 Å². The van der Waals surface area contributed by atoms with E-state index in [9.17, 15) is 0 Å². The van der Waals surface area contributed by atoms with E-state index in [4.69, 9.17) is 4.98 Å². The van der Waals surface area contributed by atoms with Crippen LogP contribution in [-0.4, -0.2) is 48.9 Å². The zero-order valence-corrected chi connectivity index (χ0v) is 17.3. The average molecular weight is 400 g/mol. The van der Waals surface area contributed by atoms with Gasteiger partial charge in [-0.15, -0.1) is 0 Å². The number of imidazole rings is 1. The van der Waals surface area contributed by atoms with Gasteiger partial charge in [0.2, 0.25) is 5.95 Å². The van der Waals surface area contributed by atoms with Crippen molar-refractivity contribution >= 4 is 17.2 Å². The summed E-state index contributed by atoms with van der Waals surface area (Å²) in [6, 6.07) is 10.4. The molecular weight excluding hydrogens is 376 g/mol. The highest BCUT2D eigenvalue weighted by Gasteiger charge is 2.32. The number of fused-ring (bicyclic) bond motifs is 1. The Morgan fingerprint density at radius 2 is 1.90 bits per heavy atom. The van der Waals surface area contributed by atoms with Crippen molar-refractivity contribution < 1.29 is 0 Å². The Morgan fingerprint density at radius 1 is 1.07 bits per heavy atom. The Labute approximate surface area is 175 Å². The molecule has 0 saturated heterocycles. The number of rotatable bonds is 4. The minimum Gasteiger partial charge on any atom is -0.368 e. The van der Waals surface area contributed by atoms with Crippen molar-refractivity contribution in [3.05, 3.63) is 61.3 Å². The molecule has 0 amide bonds. The second kappa shape index (κ2) is 7.29. The van der Waals surface area contributed by atoms with E-state index in [1.165, 1.54) is 0 Å². The largest absolute Gasteiger partial charge is 0.368 e. The molecule has 0 bridgehead atoms. The van der Waals surface area contributed by atoms with Crippen molar-refractivity contribution in [3.8, 4) is 17.3 Å². The topological polar surface area (TPSA) is 67.9 Å². The molecule has 5 rings (SSSR count). The van der Waals surface area contributed by atoms with Crippen LogP contribution in [0.2, 0.25) is 0 Å². The quantitative estimate of drug-likeness (QED) is 0.523. The number of aromatic nitrogens is 6. The van der Waals surface area contributed by atoms with E-state index in [0.717, 1.165) is 41.5 Å². The first-order valence-corrected chi connectivity index (χ1v) is 10.1. The number of aryl methyl sites for hydroxylation is 1. The Bertz CT molecular complexity index is 1160. The lowest BCUT2D eigenvalue weighted by molar-refractivity contribution is 0.594. The molecule has 1 atom stereocenters. The van der Waals surface area contributed by atoms with E-state index >= 15 is 0 Å². The van der Waals surface area contributed by atoms with Crippen molar-refractivity contribution in [3.63, 3.8) is 0 Å². The van der Waals surface area contributed by atoms with Crippen LogP contribution in [0.5, 0.6) is 0 Å². The van der Waals surface area contributed by atoms with Crippen LogP contribution >= 0.6 is 0 Å². The minimum atomic E-state index is 0.297. The van der Waals surface area contributed by atoms with Crippen LogP contribution in [0.25, 0.3) is 17.3 Å². The molecule has 0 aliphatic carbocycles. The summed E-state index contributed by atoms with van der Waals surface area (Å²) in [5, 5.41) is 4.38. The summed E-state index contributed by atoms with van der Waals surface area (Å²) in [5.74, 6) is 2.31. The van der Waals surface area contributed by atoms with Gasteiger partial charge in [0, 0.05) is 44.8 Å². The first-order chi connectivity index (χ1) is 14.7. The summed E-state index contributed by atoms with van der Waals surface area (Å²) in [5.41, 5.74) is 3.07. The van der Waals surface area contributed by atoms with E-state index in [2.05, 4.69) is 38.8 Å². The van der Waals surface area contributed by atoms with Gasteiger partial charge in [0.15, 0.2) is 5.82 Å². The third kappa shape index (κ3) is 3.01. The zero-order chi connectivity index (χ0) is 20.7. The van der Waals surface area contributed by atoms with Crippen LogP contribution in [0, 0.1) is 0 Å². The molecule has 1 unspecified atom stereocenters. The summed E-state index contributed by atoms with van der Waals surface area (Å²) in [4.78, 5) is 18.8. The van der Waals surface area contributed by atoms with E-state index in [-0.39, 0.29) is 0 Å². The van der Waals surface area contributed by atoms with Gasteiger partial charge in [0.05, 0.1) is 29.8 Å². The Hall–Kier alpha value is -3.68. The fourth-order valence-electron chi connectivity index (χ4n) is 4.03. The third-order valence-electron chi connectivity index (χ3n) is 5.56. The summed E-state index contributed by atoms with van der Waals surface area (Å²) in [6.45, 7) is 3.11. The number of hydrogen-bond donors (Lipinski definition) is 0. The predicted molar refractivity (Wildman–Crippen MR) is 117 cm³/mol. The molecule has 1 aliphatic rings. The Morgan fingerprint density at radius 3 is 2.63 bits per heavy atom. The predicted octanol–water partition coefficient (Wildman–Crippen LogP) is 3.43. The maximum atomic E-state index is 5.02. The Balaban J connectivity index is 1.65. The molecule has 3 aromatic heterocycles. The van der Waals surface area contributed by atoms with Crippen LogP contribution in [0.3, 0.4) is 0 Å². The molecule has 0 radical (unpaired) electrons. The van der Waals surface area contributed by atoms with Crippen LogP contribution in [0.1, 0.15) is 13.3 Å². The first kappa shape index (κ1) is 18.4. The molecule has 1 aliphatic heterocycles. The van der Waals surface area contributed by atoms with Gasteiger partial charge in [0.25, 0.3) is 0 Å². The highest BCUT2D eigenvalue weighted by Crippen LogP contribution is 2.39. The monoisotopic (exact) mass is 400 g/mol. The molecular formula is C22H24N8. The number of nitrogens with zero attached hydrogens (tertiary/aromatic N) is 8. The van der Waals surface area contributed by atoms with Crippen molar-refractivity contribution in [1.29, 1.82) is 0 Å². The lowest BCUT2D eigenvalue weighted by Crippen LogP contribution is -2.45. The number of benzene rings is 1. The first-order valence-electron chi connectivity index (χ1n) is 10.1. The van der Waals surface area contributed by atoms with Crippen LogP contribution in [0.15, 0.2) is 61.3 Å². The highest BCUT2D eigenvalue weighted by atomic mass is 15.4. The number of hydrogen-bond acceptors (Lipinski definition) is 6. The van der Waals surface area contributed by atoms with Gasteiger partial charge in [-0.25, -0.2) is 9.97 Å². The molecule has 8 nitrogen and oxygen atoms in total. The lowest BCUT2D eigenvalue weighted by Gasteiger charge is -2.41. The molecule has 4 heterocycles. The molecule has 4 aromatic rings. The number of anilines is 3. The molecule has 1 aromatic carbocycles. The van der Waals surface area contributed by atoms with E-state index < -0.39 is 0 Å². The van der Waals surface area contributed by atoms with Crippen LogP contribution < -0.4 is 9.80 Å². The molecule has 0 N–H and O–H groups in total. The summed E-state index contributed by atoms with van der Waals surface area (Å²) < 4.78 is 3.76. The van der Waals surface area contributed by atoms with Gasteiger partial charge in [-0.05, 0) is 6.42 Å². The van der Waals surface area contributed by atoms with Gasteiger partial charge < -0.3 is 9.80 Å². The third-order valence-corrected chi connectivity index (χ3v) is 5.56. The molecule has 152 valence electrons. The summed E-state index contributed by atoms with van der Waals surface area (Å²) in [6.07, 6.45) is 10.5. The van der Waals surface area contributed by atoms with Gasteiger partial charge >= 0.3 is 0 Å². The standard InChI is InChI=1S/C22H24N8/c1-4-17-14-27(2)19-13-24-22(26-21(19)30(17)18-12-25-28(3)15-18)29-11-10-23-20(29)16-8-6-5-7-9-16/h5-13,15,17H,4,14H2,1-3H3. The SMILES string of the molecule is CCC1CN(C)c2cnc(-n3ccnc3-c3ccccc3)nc2N1c1cnn(C)c1. The smallest absolute Gasteiger partial charge is 0.237 e. The lowest BCUT2D eigenvalue weighted by atomic mass is 10.1. The Kier molecular flexibility index (Phi) is 4.46.